The zero-order valence-corrected chi connectivity index (χ0v) is 10.0. The molecule has 1 unspecified atom stereocenters. The Morgan fingerprint density at radius 1 is 1.33 bits per heavy atom. The van der Waals surface area contributed by atoms with Crippen LogP contribution in [0.25, 0.3) is 16.5 Å². The van der Waals surface area contributed by atoms with Gasteiger partial charge in [-0.1, -0.05) is 24.3 Å². The molecule has 0 bridgehead atoms. The second-order valence-corrected chi connectivity index (χ2v) is 4.79. The van der Waals surface area contributed by atoms with Gasteiger partial charge in [-0.15, -0.1) is 0 Å². The lowest BCUT2D eigenvalue weighted by atomic mass is 9.86. The second-order valence-electron chi connectivity index (χ2n) is 4.79. The summed E-state index contributed by atoms with van der Waals surface area (Å²) in [7, 11) is 0. The van der Waals surface area contributed by atoms with Crippen molar-refractivity contribution in [3.63, 3.8) is 0 Å². The highest BCUT2D eigenvalue weighted by Gasteiger charge is 2.22. The molecule has 2 aromatic rings. The first-order valence-corrected chi connectivity index (χ1v) is 6.24. The number of H-pyrrole nitrogens is 1. The normalized spacial score (nSPS) is 19.8. The van der Waals surface area contributed by atoms with Crippen LogP contribution in [0, 0.1) is 5.92 Å². The molecule has 1 aromatic heterocycles. The van der Waals surface area contributed by atoms with E-state index in [9.17, 15) is 4.79 Å². The Hall–Kier alpha value is -2.03. The standard InChI is InChI=1S/C15H15NO2/c17-15(18)11-7-5-10(6-8-11)13-9-16-14-4-2-1-3-12(13)14/h1-5,9,11,16H,6-8H2,(H,17,18). The van der Waals surface area contributed by atoms with Gasteiger partial charge in [0, 0.05) is 22.7 Å². The molecule has 1 atom stereocenters. The molecule has 0 spiro atoms. The van der Waals surface area contributed by atoms with Gasteiger partial charge in [-0.3, -0.25) is 4.79 Å². The van der Waals surface area contributed by atoms with Crippen LogP contribution in [0.15, 0.2) is 36.5 Å². The molecule has 0 saturated carbocycles. The number of hydrogen-bond donors (Lipinski definition) is 2. The monoisotopic (exact) mass is 241 g/mol. The number of carbonyl (C=O) groups is 1. The molecule has 0 aliphatic heterocycles. The van der Waals surface area contributed by atoms with Gasteiger partial charge < -0.3 is 10.1 Å². The van der Waals surface area contributed by atoms with Gasteiger partial charge in [0.1, 0.15) is 0 Å². The number of carboxylic acids is 1. The fraction of sp³-hybridized carbons (Fsp3) is 0.267. The Bertz CT molecular complexity index is 624. The fourth-order valence-electron chi connectivity index (χ4n) is 2.64. The molecule has 1 heterocycles. The van der Waals surface area contributed by atoms with Gasteiger partial charge in [-0.25, -0.2) is 0 Å². The van der Waals surface area contributed by atoms with E-state index in [-0.39, 0.29) is 5.92 Å². The summed E-state index contributed by atoms with van der Waals surface area (Å²) in [6.45, 7) is 0. The summed E-state index contributed by atoms with van der Waals surface area (Å²) in [6, 6.07) is 8.20. The van der Waals surface area contributed by atoms with Crippen molar-refractivity contribution < 1.29 is 9.90 Å². The van der Waals surface area contributed by atoms with Crippen LogP contribution < -0.4 is 0 Å². The number of aromatic nitrogens is 1. The predicted octanol–water partition coefficient (Wildman–Crippen LogP) is 3.44. The Balaban J connectivity index is 1.94. The predicted molar refractivity (Wildman–Crippen MR) is 71.3 cm³/mol. The summed E-state index contributed by atoms with van der Waals surface area (Å²) >= 11 is 0. The van der Waals surface area contributed by atoms with Gasteiger partial charge >= 0.3 is 5.97 Å². The van der Waals surface area contributed by atoms with Gasteiger partial charge in [0.2, 0.25) is 0 Å². The summed E-state index contributed by atoms with van der Waals surface area (Å²) in [5, 5.41) is 10.2. The molecule has 1 aliphatic rings. The number of rotatable bonds is 2. The number of aromatic amines is 1. The maximum Gasteiger partial charge on any atom is 0.306 e. The van der Waals surface area contributed by atoms with Crippen molar-refractivity contribution in [2.45, 2.75) is 19.3 Å². The van der Waals surface area contributed by atoms with Gasteiger partial charge in [0.05, 0.1) is 5.92 Å². The SMILES string of the molecule is O=C(O)C1CC=C(c2c[nH]c3ccccc23)CC1. The van der Waals surface area contributed by atoms with E-state index in [1.54, 1.807) is 0 Å². The fourth-order valence-corrected chi connectivity index (χ4v) is 2.64. The van der Waals surface area contributed by atoms with Crippen LogP contribution in [0.5, 0.6) is 0 Å². The van der Waals surface area contributed by atoms with Crippen molar-refractivity contribution >= 4 is 22.4 Å². The van der Waals surface area contributed by atoms with Crippen LogP contribution in [0.4, 0.5) is 0 Å². The van der Waals surface area contributed by atoms with Gasteiger partial charge in [0.25, 0.3) is 0 Å². The summed E-state index contributed by atoms with van der Waals surface area (Å²) in [5.41, 5.74) is 3.62. The van der Waals surface area contributed by atoms with Crippen LogP contribution in [0.1, 0.15) is 24.8 Å². The van der Waals surface area contributed by atoms with E-state index >= 15 is 0 Å². The molecule has 0 saturated heterocycles. The molecule has 0 radical (unpaired) electrons. The van der Waals surface area contributed by atoms with Crippen LogP contribution >= 0.6 is 0 Å². The molecule has 18 heavy (non-hydrogen) atoms. The highest BCUT2D eigenvalue weighted by Crippen LogP contribution is 2.33. The molecule has 2 N–H and O–H groups in total. The lowest BCUT2D eigenvalue weighted by Crippen LogP contribution is -2.15. The molecule has 3 rings (SSSR count). The maximum atomic E-state index is 10.9. The van der Waals surface area contributed by atoms with E-state index in [4.69, 9.17) is 5.11 Å². The molecule has 1 aromatic carbocycles. The van der Waals surface area contributed by atoms with Crippen LogP contribution in [-0.2, 0) is 4.79 Å². The third kappa shape index (κ3) is 1.82. The van der Waals surface area contributed by atoms with E-state index in [0.29, 0.717) is 6.42 Å². The Kier molecular flexibility index (Phi) is 2.67. The first-order chi connectivity index (χ1) is 8.75. The van der Waals surface area contributed by atoms with Crippen molar-refractivity contribution in [3.8, 4) is 0 Å². The van der Waals surface area contributed by atoms with Crippen molar-refractivity contribution in [2.24, 2.45) is 5.92 Å². The van der Waals surface area contributed by atoms with Gasteiger partial charge in [-0.05, 0) is 30.9 Å². The lowest BCUT2D eigenvalue weighted by Gasteiger charge is -2.18. The zero-order chi connectivity index (χ0) is 12.5. The minimum absolute atomic E-state index is 0.209. The van der Waals surface area contributed by atoms with E-state index < -0.39 is 5.97 Å². The first kappa shape index (κ1) is 11.1. The number of benzene rings is 1. The topological polar surface area (TPSA) is 53.1 Å². The number of fused-ring (bicyclic) bond motifs is 1. The summed E-state index contributed by atoms with van der Waals surface area (Å²) in [6.07, 6.45) is 6.33. The lowest BCUT2D eigenvalue weighted by molar-refractivity contribution is -0.141. The number of allylic oxidation sites excluding steroid dienone is 2. The van der Waals surface area contributed by atoms with Crippen LogP contribution in [-0.4, -0.2) is 16.1 Å². The van der Waals surface area contributed by atoms with E-state index in [0.717, 1.165) is 18.4 Å². The van der Waals surface area contributed by atoms with E-state index in [1.165, 1.54) is 16.5 Å². The molecular weight excluding hydrogens is 226 g/mol. The van der Waals surface area contributed by atoms with E-state index in [2.05, 4.69) is 23.2 Å². The zero-order valence-electron chi connectivity index (χ0n) is 10.0. The summed E-state index contributed by atoms with van der Waals surface area (Å²) in [5.74, 6) is -0.886. The summed E-state index contributed by atoms with van der Waals surface area (Å²) in [4.78, 5) is 14.2. The minimum Gasteiger partial charge on any atom is -0.481 e. The molecule has 92 valence electrons. The van der Waals surface area contributed by atoms with Crippen LogP contribution in [0.3, 0.4) is 0 Å². The number of carboxylic acid groups (broad SMARTS) is 1. The number of hydrogen-bond acceptors (Lipinski definition) is 1. The maximum absolute atomic E-state index is 10.9. The number of nitrogens with one attached hydrogen (secondary N) is 1. The number of para-hydroxylation sites is 1. The second kappa shape index (κ2) is 4.33. The summed E-state index contributed by atoms with van der Waals surface area (Å²) < 4.78 is 0. The first-order valence-electron chi connectivity index (χ1n) is 6.24. The smallest absolute Gasteiger partial charge is 0.306 e. The molecule has 3 nitrogen and oxygen atoms in total. The molecular formula is C15H15NO2. The average Bonchev–Trinajstić information content (AvgIpc) is 2.82. The van der Waals surface area contributed by atoms with Gasteiger partial charge in [-0.2, -0.15) is 0 Å². The van der Waals surface area contributed by atoms with Crippen LogP contribution in [0.2, 0.25) is 0 Å². The van der Waals surface area contributed by atoms with Crippen molar-refractivity contribution in [1.82, 2.24) is 4.98 Å². The molecule has 1 aliphatic carbocycles. The molecule has 0 amide bonds. The number of aliphatic carboxylic acids is 1. The van der Waals surface area contributed by atoms with Crippen molar-refractivity contribution in [2.75, 3.05) is 0 Å². The molecule has 0 fully saturated rings. The Labute approximate surface area is 105 Å². The highest BCUT2D eigenvalue weighted by molar-refractivity contribution is 5.92. The quantitative estimate of drug-likeness (QED) is 0.846. The molecule has 3 heteroatoms. The van der Waals surface area contributed by atoms with Gasteiger partial charge in [0.15, 0.2) is 0 Å². The third-order valence-corrected chi connectivity index (χ3v) is 3.70. The van der Waals surface area contributed by atoms with E-state index in [1.807, 2.05) is 18.3 Å². The third-order valence-electron chi connectivity index (χ3n) is 3.70. The van der Waals surface area contributed by atoms with Crippen molar-refractivity contribution in [3.05, 3.63) is 42.1 Å². The average molecular weight is 241 g/mol. The Morgan fingerprint density at radius 3 is 2.89 bits per heavy atom. The largest absolute Gasteiger partial charge is 0.481 e. The van der Waals surface area contributed by atoms with Crippen molar-refractivity contribution in [1.29, 1.82) is 0 Å². The highest BCUT2D eigenvalue weighted by atomic mass is 16.4. The minimum atomic E-state index is -0.677. The Morgan fingerprint density at radius 2 is 2.17 bits per heavy atom.